The molecule has 0 saturated carbocycles. The minimum Gasteiger partial charge on any atom is -0.383 e. The van der Waals surface area contributed by atoms with E-state index in [1.807, 2.05) is 25.1 Å². The topological polar surface area (TPSA) is 43.8 Å². The number of hydrogen-bond donors (Lipinski definition) is 1. The summed E-state index contributed by atoms with van der Waals surface area (Å²) in [5.41, 5.74) is 8.92. The SMILES string of the molecule is C#CCn1cnc(-c2ccc(C)c(Br)c2)c1N. The molecular weight excluding hydrogens is 278 g/mol. The predicted molar refractivity (Wildman–Crippen MR) is 73.3 cm³/mol. The Balaban J connectivity index is 2.47. The van der Waals surface area contributed by atoms with Gasteiger partial charge in [0.05, 0.1) is 12.9 Å². The third-order valence-corrected chi connectivity index (χ3v) is 3.44. The predicted octanol–water partition coefficient (Wildman–Crippen LogP) is 2.84. The van der Waals surface area contributed by atoms with Crippen LogP contribution in [0.1, 0.15) is 5.56 Å². The van der Waals surface area contributed by atoms with Crippen molar-refractivity contribution in [3.63, 3.8) is 0 Å². The molecule has 2 rings (SSSR count). The number of anilines is 1. The molecule has 2 N–H and O–H groups in total. The van der Waals surface area contributed by atoms with Gasteiger partial charge in [-0.2, -0.15) is 0 Å². The maximum atomic E-state index is 6.00. The quantitative estimate of drug-likeness (QED) is 0.864. The fourth-order valence-corrected chi connectivity index (χ4v) is 1.96. The second-order valence-electron chi connectivity index (χ2n) is 3.77. The number of nitrogens with zero attached hydrogens (tertiary/aromatic N) is 2. The highest BCUT2D eigenvalue weighted by atomic mass is 79.9. The zero-order valence-electron chi connectivity index (χ0n) is 9.44. The molecule has 0 unspecified atom stereocenters. The molecule has 0 aliphatic carbocycles. The zero-order valence-corrected chi connectivity index (χ0v) is 11.0. The summed E-state index contributed by atoms with van der Waals surface area (Å²) in [4.78, 5) is 4.30. The lowest BCUT2D eigenvalue weighted by atomic mass is 10.1. The van der Waals surface area contributed by atoms with Crippen LogP contribution in [0, 0.1) is 19.3 Å². The van der Waals surface area contributed by atoms with E-state index in [2.05, 4.69) is 26.8 Å². The van der Waals surface area contributed by atoms with Gasteiger partial charge >= 0.3 is 0 Å². The highest BCUT2D eigenvalue weighted by molar-refractivity contribution is 9.10. The molecule has 0 radical (unpaired) electrons. The van der Waals surface area contributed by atoms with Gasteiger partial charge < -0.3 is 10.3 Å². The van der Waals surface area contributed by atoms with Crippen molar-refractivity contribution in [3.8, 4) is 23.6 Å². The van der Waals surface area contributed by atoms with Crippen molar-refractivity contribution < 1.29 is 0 Å². The molecule has 0 bridgehead atoms. The molecule has 0 atom stereocenters. The van der Waals surface area contributed by atoms with Crippen molar-refractivity contribution in [1.29, 1.82) is 0 Å². The number of benzene rings is 1. The number of aromatic nitrogens is 2. The maximum Gasteiger partial charge on any atom is 0.132 e. The normalized spacial score (nSPS) is 10.2. The molecule has 4 heteroatoms. The first-order valence-corrected chi connectivity index (χ1v) is 5.93. The van der Waals surface area contributed by atoms with Gasteiger partial charge in [-0.15, -0.1) is 6.42 Å². The summed E-state index contributed by atoms with van der Waals surface area (Å²) in [6.45, 7) is 2.47. The van der Waals surface area contributed by atoms with Crippen LogP contribution in [0.3, 0.4) is 0 Å². The van der Waals surface area contributed by atoms with E-state index in [0.29, 0.717) is 12.4 Å². The first-order chi connectivity index (χ1) is 8.13. The molecule has 0 spiro atoms. The summed E-state index contributed by atoms with van der Waals surface area (Å²) in [5, 5.41) is 0. The van der Waals surface area contributed by atoms with E-state index in [4.69, 9.17) is 12.2 Å². The number of hydrogen-bond acceptors (Lipinski definition) is 2. The monoisotopic (exact) mass is 289 g/mol. The van der Waals surface area contributed by atoms with Gasteiger partial charge in [0, 0.05) is 10.0 Å². The molecule has 1 aromatic carbocycles. The molecular formula is C13H12BrN3. The second kappa shape index (κ2) is 4.64. The molecule has 0 aliphatic heterocycles. The number of imidazole rings is 1. The summed E-state index contributed by atoms with van der Waals surface area (Å²) in [6, 6.07) is 6.03. The molecule has 0 saturated heterocycles. The summed E-state index contributed by atoms with van der Waals surface area (Å²) in [5.74, 6) is 3.14. The number of nitrogens with two attached hydrogens (primary N) is 1. The van der Waals surface area contributed by atoms with Gasteiger partial charge in [0.15, 0.2) is 0 Å². The molecule has 2 aromatic rings. The lowest BCUT2D eigenvalue weighted by molar-refractivity contribution is 0.852. The van der Waals surface area contributed by atoms with Crippen LogP contribution in [0.15, 0.2) is 29.0 Å². The molecule has 3 nitrogen and oxygen atoms in total. The highest BCUT2D eigenvalue weighted by Gasteiger charge is 2.10. The van der Waals surface area contributed by atoms with Crippen LogP contribution in [0.2, 0.25) is 0 Å². The number of rotatable bonds is 2. The van der Waals surface area contributed by atoms with Gasteiger partial charge in [0.25, 0.3) is 0 Å². The average Bonchev–Trinajstić information content (AvgIpc) is 2.66. The van der Waals surface area contributed by atoms with Crippen LogP contribution in [-0.4, -0.2) is 9.55 Å². The zero-order chi connectivity index (χ0) is 12.4. The molecule has 1 heterocycles. The van der Waals surface area contributed by atoms with Crippen LogP contribution in [0.5, 0.6) is 0 Å². The Labute approximate surface area is 109 Å². The van der Waals surface area contributed by atoms with Gasteiger partial charge in [-0.25, -0.2) is 4.98 Å². The minimum atomic E-state index is 0.436. The van der Waals surface area contributed by atoms with Gasteiger partial charge in [0.2, 0.25) is 0 Å². The van der Waals surface area contributed by atoms with E-state index in [0.717, 1.165) is 15.7 Å². The Bertz CT molecular complexity index is 593. The van der Waals surface area contributed by atoms with Crippen molar-refractivity contribution in [2.45, 2.75) is 13.5 Å². The lowest BCUT2D eigenvalue weighted by Gasteiger charge is -2.04. The third-order valence-electron chi connectivity index (χ3n) is 2.59. The Morgan fingerprint density at radius 3 is 2.94 bits per heavy atom. The molecule has 86 valence electrons. The summed E-state index contributed by atoms with van der Waals surface area (Å²) in [7, 11) is 0. The second-order valence-corrected chi connectivity index (χ2v) is 4.63. The van der Waals surface area contributed by atoms with Crippen LogP contribution in [0.4, 0.5) is 5.82 Å². The van der Waals surface area contributed by atoms with Crippen LogP contribution in [-0.2, 0) is 6.54 Å². The molecule has 0 amide bonds. The fraction of sp³-hybridized carbons (Fsp3) is 0.154. The Morgan fingerprint density at radius 2 is 2.29 bits per heavy atom. The summed E-state index contributed by atoms with van der Waals surface area (Å²) in [6.07, 6.45) is 6.92. The van der Waals surface area contributed by atoms with E-state index < -0.39 is 0 Å². The Kier molecular flexibility index (Phi) is 3.21. The molecule has 0 fully saturated rings. The number of nitrogen functional groups attached to an aromatic ring is 1. The van der Waals surface area contributed by atoms with Crippen molar-refractivity contribution >= 4 is 21.7 Å². The molecule has 1 aromatic heterocycles. The first-order valence-electron chi connectivity index (χ1n) is 5.14. The van der Waals surface area contributed by atoms with Gasteiger partial charge in [0.1, 0.15) is 11.5 Å². The highest BCUT2D eigenvalue weighted by Crippen LogP contribution is 2.28. The lowest BCUT2D eigenvalue weighted by Crippen LogP contribution is -2.00. The van der Waals surface area contributed by atoms with E-state index in [1.165, 1.54) is 5.56 Å². The Hall–Kier alpha value is -1.73. The maximum absolute atomic E-state index is 6.00. The summed E-state index contributed by atoms with van der Waals surface area (Å²) < 4.78 is 2.80. The van der Waals surface area contributed by atoms with E-state index >= 15 is 0 Å². The van der Waals surface area contributed by atoms with E-state index in [9.17, 15) is 0 Å². The van der Waals surface area contributed by atoms with Gasteiger partial charge in [-0.1, -0.05) is 34.0 Å². The van der Waals surface area contributed by atoms with Crippen LogP contribution in [0.25, 0.3) is 11.3 Å². The first kappa shape index (κ1) is 11.7. The average molecular weight is 290 g/mol. The fourth-order valence-electron chi connectivity index (χ4n) is 1.58. The van der Waals surface area contributed by atoms with Crippen molar-refractivity contribution in [2.24, 2.45) is 0 Å². The van der Waals surface area contributed by atoms with Crippen LogP contribution < -0.4 is 5.73 Å². The number of halogens is 1. The third kappa shape index (κ3) is 2.20. The molecule has 0 aliphatic rings. The standard InChI is InChI=1S/C13H12BrN3/c1-3-6-17-8-16-12(13(17)15)10-5-4-9(2)11(14)7-10/h1,4-5,7-8H,6,15H2,2H3. The number of terminal acetylenes is 1. The largest absolute Gasteiger partial charge is 0.383 e. The summed E-state index contributed by atoms with van der Waals surface area (Å²) >= 11 is 3.50. The van der Waals surface area contributed by atoms with E-state index in [1.54, 1.807) is 10.9 Å². The van der Waals surface area contributed by atoms with Crippen molar-refractivity contribution in [1.82, 2.24) is 9.55 Å². The molecule has 17 heavy (non-hydrogen) atoms. The van der Waals surface area contributed by atoms with Crippen LogP contribution >= 0.6 is 15.9 Å². The smallest absolute Gasteiger partial charge is 0.132 e. The van der Waals surface area contributed by atoms with Crippen molar-refractivity contribution in [2.75, 3.05) is 5.73 Å². The van der Waals surface area contributed by atoms with Gasteiger partial charge in [-0.3, -0.25) is 0 Å². The van der Waals surface area contributed by atoms with Gasteiger partial charge in [-0.05, 0) is 18.6 Å². The van der Waals surface area contributed by atoms with E-state index in [-0.39, 0.29) is 0 Å². The minimum absolute atomic E-state index is 0.436. The van der Waals surface area contributed by atoms with Crippen molar-refractivity contribution in [3.05, 3.63) is 34.6 Å². The number of aryl methyl sites for hydroxylation is 1. The Morgan fingerprint density at radius 1 is 1.53 bits per heavy atom.